The molecular formula is C7H14Br2NiO2. The molecule has 0 bridgehead atoms. The molecule has 0 heterocycles. The van der Waals surface area contributed by atoms with Gasteiger partial charge in [-0.3, -0.25) is 0 Å². The molecule has 5 heteroatoms. The van der Waals surface area contributed by atoms with Crippen LogP contribution in [0.4, 0.5) is 0 Å². The zero-order valence-corrected chi connectivity index (χ0v) is 11.5. The zero-order valence-electron chi connectivity index (χ0n) is 7.34. The minimum atomic E-state index is -0.546. The molecule has 0 atom stereocenters. The van der Waals surface area contributed by atoms with Crippen molar-refractivity contribution in [3.63, 3.8) is 0 Å². The summed E-state index contributed by atoms with van der Waals surface area (Å²) < 4.78 is 4.78. The van der Waals surface area contributed by atoms with Crippen molar-refractivity contribution in [2.24, 2.45) is 5.41 Å². The van der Waals surface area contributed by atoms with Gasteiger partial charge in [0.2, 0.25) is 0 Å². The number of aliphatic hydroxyl groups is 1. The average molecular weight is 349 g/mol. The van der Waals surface area contributed by atoms with Crippen molar-refractivity contribution in [1.29, 1.82) is 0 Å². The van der Waals surface area contributed by atoms with E-state index in [0.29, 0.717) is 6.61 Å². The first-order valence-electron chi connectivity index (χ1n) is 3.44. The third-order valence-electron chi connectivity index (χ3n) is 1.25. The Morgan fingerprint density at radius 2 is 1.67 bits per heavy atom. The van der Waals surface area contributed by atoms with E-state index >= 15 is 0 Å². The van der Waals surface area contributed by atoms with Crippen LogP contribution in [0.1, 0.15) is 20.8 Å². The van der Waals surface area contributed by atoms with Crippen LogP contribution >= 0.6 is 31.9 Å². The van der Waals surface area contributed by atoms with Crippen LogP contribution in [0, 0.1) is 5.41 Å². The molecule has 0 fully saturated rings. The fourth-order valence-electron chi connectivity index (χ4n) is 0.390. The van der Waals surface area contributed by atoms with Crippen LogP contribution in [0.15, 0.2) is 0 Å². The fraction of sp³-hybridized carbons (Fsp3) is 1.00. The maximum atomic E-state index is 8.53. The summed E-state index contributed by atoms with van der Waals surface area (Å²) in [6.07, 6.45) is 0. The summed E-state index contributed by atoms with van der Waals surface area (Å²) in [4.78, 5) is 0. The van der Waals surface area contributed by atoms with Crippen LogP contribution in [-0.2, 0) is 21.2 Å². The monoisotopic (exact) mass is 346 g/mol. The Labute approximate surface area is 101 Å². The van der Waals surface area contributed by atoms with E-state index in [4.69, 9.17) is 9.84 Å². The van der Waals surface area contributed by atoms with Crippen LogP contribution in [0.25, 0.3) is 0 Å². The molecule has 2 nitrogen and oxygen atoms in total. The van der Waals surface area contributed by atoms with Crippen LogP contribution in [0.2, 0.25) is 0 Å². The molecule has 78 valence electrons. The zero-order chi connectivity index (χ0) is 9.12. The van der Waals surface area contributed by atoms with Gasteiger partial charge in [0.1, 0.15) is 0 Å². The molecule has 0 spiro atoms. The summed E-state index contributed by atoms with van der Waals surface area (Å²) in [5, 5.41) is 8.53. The Bertz CT molecular complexity index is 123. The van der Waals surface area contributed by atoms with Crippen molar-refractivity contribution in [1.82, 2.24) is 0 Å². The van der Waals surface area contributed by atoms with Gasteiger partial charge in [0.25, 0.3) is 0 Å². The van der Waals surface area contributed by atoms with Gasteiger partial charge in [0.05, 0.1) is 13.2 Å². The second kappa shape index (κ2) is 5.97. The normalized spacial score (nSPS) is 12.5. The Morgan fingerprint density at radius 1 is 1.25 bits per heavy atom. The number of halogens is 2. The van der Waals surface area contributed by atoms with E-state index in [-0.39, 0.29) is 28.5 Å². The van der Waals surface area contributed by atoms with E-state index in [1.807, 2.05) is 20.8 Å². The Balaban J connectivity index is 0. The molecule has 0 rings (SSSR count). The predicted octanol–water partition coefficient (Wildman–Crippen LogP) is 2.48. The number of rotatable bonds is 3. The average Bonchev–Trinajstić information content (AvgIpc) is 1.81. The van der Waals surface area contributed by atoms with Gasteiger partial charge in [0.15, 0.2) is 3.42 Å². The van der Waals surface area contributed by atoms with Gasteiger partial charge in [-0.15, -0.1) is 0 Å². The van der Waals surface area contributed by atoms with Crippen molar-refractivity contribution in [3.8, 4) is 0 Å². The number of ether oxygens (including phenoxy) is 1. The van der Waals surface area contributed by atoms with E-state index in [9.17, 15) is 0 Å². The largest absolute Gasteiger partial charge is 0.394 e. The van der Waals surface area contributed by atoms with Gasteiger partial charge in [0, 0.05) is 21.9 Å². The van der Waals surface area contributed by atoms with Gasteiger partial charge >= 0.3 is 0 Å². The second-order valence-corrected chi connectivity index (χ2v) is 6.64. The molecule has 0 aliphatic heterocycles. The number of aliphatic hydroxyl groups excluding tert-OH is 1. The van der Waals surface area contributed by atoms with Gasteiger partial charge in [-0.25, -0.2) is 0 Å². The summed E-state index contributed by atoms with van der Waals surface area (Å²) in [6, 6.07) is 0. The molecule has 0 aromatic heterocycles. The first kappa shape index (κ1) is 15.8. The van der Waals surface area contributed by atoms with Crippen molar-refractivity contribution in [2.45, 2.75) is 24.2 Å². The molecule has 0 saturated heterocycles. The van der Waals surface area contributed by atoms with E-state index in [1.165, 1.54) is 0 Å². The summed E-state index contributed by atoms with van der Waals surface area (Å²) >= 11 is 6.77. The first-order valence-corrected chi connectivity index (χ1v) is 5.02. The number of hydrogen-bond acceptors (Lipinski definition) is 2. The van der Waals surface area contributed by atoms with E-state index in [0.717, 1.165) is 0 Å². The van der Waals surface area contributed by atoms with E-state index < -0.39 is 3.42 Å². The van der Waals surface area contributed by atoms with Crippen LogP contribution < -0.4 is 0 Å². The second-order valence-electron chi connectivity index (χ2n) is 3.34. The Morgan fingerprint density at radius 3 is 1.92 bits per heavy atom. The van der Waals surface area contributed by atoms with E-state index in [1.54, 1.807) is 0 Å². The molecule has 0 saturated carbocycles. The van der Waals surface area contributed by atoms with Gasteiger partial charge in [-0.1, -0.05) is 20.8 Å². The van der Waals surface area contributed by atoms with Crippen LogP contribution in [0.3, 0.4) is 0 Å². The van der Waals surface area contributed by atoms with E-state index in [2.05, 4.69) is 31.9 Å². The van der Waals surface area contributed by atoms with Crippen LogP contribution in [0.5, 0.6) is 0 Å². The summed E-state index contributed by atoms with van der Waals surface area (Å²) in [5.41, 5.74) is -0.0534. The van der Waals surface area contributed by atoms with Gasteiger partial charge < -0.3 is 9.84 Å². The van der Waals surface area contributed by atoms with Gasteiger partial charge in [-0.2, -0.15) is 0 Å². The molecule has 1 N–H and O–H groups in total. The molecule has 0 unspecified atom stereocenters. The molecule has 0 aliphatic rings. The predicted molar refractivity (Wildman–Crippen MR) is 53.1 cm³/mol. The van der Waals surface area contributed by atoms with Gasteiger partial charge in [-0.05, 0) is 31.9 Å². The molecule has 0 amide bonds. The SMILES string of the molecule is CC(C)(C)C(Br)(Br)OCCO.[Ni]. The third kappa shape index (κ3) is 5.18. The molecule has 0 aromatic rings. The molecule has 0 radical (unpaired) electrons. The summed E-state index contributed by atoms with van der Waals surface area (Å²) in [6.45, 7) is 6.47. The molecule has 12 heavy (non-hydrogen) atoms. The van der Waals surface area contributed by atoms with Crippen molar-refractivity contribution in [3.05, 3.63) is 0 Å². The Hall–Kier alpha value is 1.37. The van der Waals surface area contributed by atoms with Crippen molar-refractivity contribution >= 4 is 31.9 Å². The van der Waals surface area contributed by atoms with Crippen molar-refractivity contribution in [2.75, 3.05) is 13.2 Å². The summed E-state index contributed by atoms with van der Waals surface area (Å²) in [5.74, 6) is 0. The number of alkyl halides is 2. The Kier molecular flexibility index (Phi) is 7.88. The summed E-state index contributed by atoms with van der Waals surface area (Å²) in [7, 11) is 0. The third-order valence-corrected chi connectivity index (χ3v) is 4.08. The first-order chi connectivity index (χ1) is 4.81. The molecule has 0 aromatic carbocycles. The fourth-order valence-corrected chi connectivity index (χ4v) is 0.714. The van der Waals surface area contributed by atoms with Crippen LogP contribution in [-0.4, -0.2) is 21.7 Å². The maximum absolute atomic E-state index is 8.53. The van der Waals surface area contributed by atoms with Crippen molar-refractivity contribution < 1.29 is 26.3 Å². The minimum absolute atomic E-state index is 0. The topological polar surface area (TPSA) is 29.5 Å². The smallest absolute Gasteiger partial charge is 0.182 e. The minimum Gasteiger partial charge on any atom is -0.394 e. The molecule has 0 aliphatic carbocycles. The quantitative estimate of drug-likeness (QED) is 0.627. The molecular weight excluding hydrogens is 335 g/mol. The standard InChI is InChI=1S/C7H14Br2O2.Ni/c1-6(2,3)7(8,9)11-5-4-10;/h10H,4-5H2,1-3H3;. The maximum Gasteiger partial charge on any atom is 0.182 e. The number of hydrogen-bond donors (Lipinski definition) is 1.